The summed E-state index contributed by atoms with van der Waals surface area (Å²) < 4.78 is 0. The molecule has 0 saturated carbocycles. The van der Waals surface area contributed by atoms with Gasteiger partial charge in [-0.25, -0.2) is 0 Å². The smallest absolute Gasteiger partial charge is 0.255 e. The molecule has 2 aromatic carbocycles. The Morgan fingerprint density at radius 1 is 1.14 bits per heavy atom. The van der Waals surface area contributed by atoms with E-state index < -0.39 is 0 Å². The molecule has 3 rings (SSSR count). The fraction of sp³-hybridized carbons (Fsp3) is 0.235. The van der Waals surface area contributed by atoms with Crippen molar-refractivity contribution in [2.75, 3.05) is 13.1 Å². The van der Waals surface area contributed by atoms with E-state index >= 15 is 0 Å². The molecular weight excluding hydrogens is 284 g/mol. The molecule has 0 aliphatic carbocycles. The molecule has 3 nitrogen and oxygen atoms in total. The molecule has 1 aliphatic heterocycles. The molecule has 0 spiro atoms. The number of carbonyl (C=O) groups is 1. The molecule has 1 fully saturated rings. The quantitative estimate of drug-likeness (QED) is 0.926. The van der Waals surface area contributed by atoms with Gasteiger partial charge in [-0.1, -0.05) is 48.0 Å². The van der Waals surface area contributed by atoms with Crippen LogP contribution in [0.4, 0.5) is 0 Å². The maximum Gasteiger partial charge on any atom is 0.255 e. The fourth-order valence-corrected chi connectivity index (χ4v) is 2.84. The number of likely N-dealkylation sites (tertiary alicyclic amines) is 1. The highest BCUT2D eigenvalue weighted by Crippen LogP contribution is 2.27. The minimum atomic E-state index is -0.0364. The summed E-state index contributed by atoms with van der Waals surface area (Å²) in [5.74, 6) is -0.0364. The lowest BCUT2D eigenvalue weighted by molar-refractivity contribution is 0.0791. The topological polar surface area (TPSA) is 46.3 Å². The van der Waals surface area contributed by atoms with E-state index in [2.05, 4.69) is 0 Å². The monoisotopic (exact) mass is 300 g/mol. The molecule has 2 N–H and O–H groups in total. The Labute approximate surface area is 129 Å². The van der Waals surface area contributed by atoms with Gasteiger partial charge in [0.2, 0.25) is 0 Å². The van der Waals surface area contributed by atoms with Crippen LogP contribution in [0.15, 0.2) is 48.5 Å². The van der Waals surface area contributed by atoms with E-state index in [9.17, 15) is 4.79 Å². The third-order valence-corrected chi connectivity index (χ3v) is 4.15. The van der Waals surface area contributed by atoms with Crippen molar-refractivity contribution in [1.82, 2.24) is 4.90 Å². The van der Waals surface area contributed by atoms with Gasteiger partial charge in [0.1, 0.15) is 0 Å². The molecule has 0 bridgehead atoms. The van der Waals surface area contributed by atoms with Gasteiger partial charge in [0.05, 0.1) is 10.6 Å². The van der Waals surface area contributed by atoms with Crippen molar-refractivity contribution in [3.8, 4) is 11.1 Å². The van der Waals surface area contributed by atoms with Crippen LogP contribution in [0.25, 0.3) is 11.1 Å². The van der Waals surface area contributed by atoms with E-state index in [1.54, 1.807) is 11.0 Å². The molecule has 0 unspecified atom stereocenters. The lowest BCUT2D eigenvalue weighted by Crippen LogP contribution is -2.32. The van der Waals surface area contributed by atoms with E-state index in [-0.39, 0.29) is 11.9 Å². The molecule has 2 aromatic rings. The first-order valence-corrected chi connectivity index (χ1v) is 7.43. The van der Waals surface area contributed by atoms with E-state index in [0.717, 1.165) is 17.5 Å². The number of nitrogens with zero attached hydrogens (tertiary/aromatic N) is 1. The van der Waals surface area contributed by atoms with Crippen molar-refractivity contribution in [2.45, 2.75) is 12.5 Å². The number of nitrogens with two attached hydrogens (primary N) is 1. The maximum atomic E-state index is 12.6. The standard InChI is InChI=1S/C17H17ClN2O/c18-16-7-6-13(12-4-2-1-3-5-12)10-15(16)17(21)20-9-8-14(19)11-20/h1-7,10,14H,8-9,11,19H2/t14-/m0/s1. The van der Waals surface area contributed by atoms with Crippen LogP contribution < -0.4 is 5.73 Å². The Morgan fingerprint density at radius 2 is 1.90 bits per heavy atom. The largest absolute Gasteiger partial charge is 0.337 e. The average molecular weight is 301 g/mol. The van der Waals surface area contributed by atoms with Gasteiger partial charge in [-0.2, -0.15) is 0 Å². The summed E-state index contributed by atoms with van der Waals surface area (Å²) in [5.41, 5.74) is 8.48. The van der Waals surface area contributed by atoms with Crippen molar-refractivity contribution >= 4 is 17.5 Å². The van der Waals surface area contributed by atoms with Gasteiger partial charge in [0, 0.05) is 19.1 Å². The first kappa shape index (κ1) is 14.1. The van der Waals surface area contributed by atoms with E-state index in [1.165, 1.54) is 0 Å². The Bertz CT molecular complexity index is 657. The zero-order valence-corrected chi connectivity index (χ0v) is 12.4. The zero-order chi connectivity index (χ0) is 14.8. The van der Waals surface area contributed by atoms with E-state index in [1.807, 2.05) is 42.5 Å². The van der Waals surface area contributed by atoms with E-state index in [0.29, 0.717) is 23.7 Å². The molecule has 21 heavy (non-hydrogen) atoms. The van der Waals surface area contributed by atoms with Crippen LogP contribution in [-0.4, -0.2) is 29.9 Å². The van der Waals surface area contributed by atoms with Crippen molar-refractivity contribution in [3.63, 3.8) is 0 Å². The zero-order valence-electron chi connectivity index (χ0n) is 11.6. The van der Waals surface area contributed by atoms with Crippen molar-refractivity contribution in [3.05, 3.63) is 59.1 Å². The number of hydrogen-bond donors (Lipinski definition) is 1. The predicted octanol–water partition coefficient (Wildman–Crippen LogP) is 3.18. The van der Waals surface area contributed by atoms with Crippen LogP contribution >= 0.6 is 11.6 Å². The molecule has 108 valence electrons. The minimum Gasteiger partial charge on any atom is -0.337 e. The second-order valence-electron chi connectivity index (χ2n) is 5.36. The fourth-order valence-electron chi connectivity index (χ4n) is 2.64. The highest BCUT2D eigenvalue weighted by atomic mass is 35.5. The Balaban J connectivity index is 1.93. The highest BCUT2D eigenvalue weighted by molar-refractivity contribution is 6.34. The van der Waals surface area contributed by atoms with Crippen molar-refractivity contribution < 1.29 is 4.79 Å². The SMILES string of the molecule is N[C@H]1CCN(C(=O)c2cc(-c3ccccc3)ccc2Cl)C1. The number of rotatable bonds is 2. The van der Waals surface area contributed by atoms with Gasteiger partial charge < -0.3 is 10.6 Å². The summed E-state index contributed by atoms with van der Waals surface area (Å²) in [7, 11) is 0. The van der Waals surface area contributed by atoms with Crippen LogP contribution in [0.3, 0.4) is 0 Å². The van der Waals surface area contributed by atoms with Crippen molar-refractivity contribution in [1.29, 1.82) is 0 Å². The number of carbonyl (C=O) groups excluding carboxylic acids is 1. The van der Waals surface area contributed by atoms with Crippen LogP contribution in [-0.2, 0) is 0 Å². The van der Waals surface area contributed by atoms with Crippen LogP contribution in [0.2, 0.25) is 5.02 Å². The maximum absolute atomic E-state index is 12.6. The first-order chi connectivity index (χ1) is 10.1. The average Bonchev–Trinajstić information content (AvgIpc) is 2.94. The third kappa shape index (κ3) is 2.94. The van der Waals surface area contributed by atoms with Crippen LogP contribution in [0.1, 0.15) is 16.8 Å². The van der Waals surface area contributed by atoms with Gasteiger partial charge >= 0.3 is 0 Å². The van der Waals surface area contributed by atoms with Gasteiger partial charge in [-0.05, 0) is 29.7 Å². The number of hydrogen-bond acceptors (Lipinski definition) is 2. The molecule has 4 heteroatoms. The number of benzene rings is 2. The van der Waals surface area contributed by atoms with Crippen molar-refractivity contribution in [2.24, 2.45) is 5.73 Å². The van der Waals surface area contributed by atoms with Gasteiger partial charge in [-0.15, -0.1) is 0 Å². The van der Waals surface area contributed by atoms with Crippen LogP contribution in [0, 0.1) is 0 Å². The van der Waals surface area contributed by atoms with Gasteiger partial charge in [0.15, 0.2) is 0 Å². The summed E-state index contributed by atoms with van der Waals surface area (Å²) in [4.78, 5) is 14.4. The molecule has 1 amide bonds. The second-order valence-corrected chi connectivity index (χ2v) is 5.77. The summed E-state index contributed by atoms with van der Waals surface area (Å²) >= 11 is 6.21. The predicted molar refractivity (Wildman–Crippen MR) is 85.4 cm³/mol. The molecule has 1 aliphatic rings. The Hall–Kier alpha value is -1.84. The molecule has 1 atom stereocenters. The Kier molecular flexibility index (Phi) is 3.95. The molecular formula is C17H17ClN2O. The first-order valence-electron chi connectivity index (χ1n) is 7.05. The summed E-state index contributed by atoms with van der Waals surface area (Å²) in [6.45, 7) is 1.30. The van der Waals surface area contributed by atoms with E-state index in [4.69, 9.17) is 17.3 Å². The lowest BCUT2D eigenvalue weighted by Gasteiger charge is -2.17. The van der Waals surface area contributed by atoms with Crippen LogP contribution in [0.5, 0.6) is 0 Å². The Morgan fingerprint density at radius 3 is 2.57 bits per heavy atom. The van der Waals surface area contributed by atoms with Gasteiger partial charge in [0.25, 0.3) is 5.91 Å². The van der Waals surface area contributed by atoms with Gasteiger partial charge in [-0.3, -0.25) is 4.79 Å². The lowest BCUT2D eigenvalue weighted by atomic mass is 10.0. The summed E-state index contributed by atoms with van der Waals surface area (Å²) in [6.07, 6.45) is 0.849. The molecule has 1 heterocycles. The molecule has 0 aromatic heterocycles. The number of amides is 1. The highest BCUT2D eigenvalue weighted by Gasteiger charge is 2.26. The molecule has 0 radical (unpaired) electrons. The summed E-state index contributed by atoms with van der Waals surface area (Å²) in [6, 6.07) is 15.6. The summed E-state index contributed by atoms with van der Waals surface area (Å²) in [5, 5.41) is 0.486. The minimum absolute atomic E-state index is 0.0364. The number of halogens is 1. The second kappa shape index (κ2) is 5.88. The normalized spacial score (nSPS) is 18.0. The third-order valence-electron chi connectivity index (χ3n) is 3.82. The molecule has 1 saturated heterocycles.